The van der Waals surface area contributed by atoms with Gasteiger partial charge in [0.1, 0.15) is 16.5 Å². The van der Waals surface area contributed by atoms with E-state index in [0.29, 0.717) is 34.3 Å². The number of aromatic nitrogens is 2. The Balaban J connectivity index is 2.04. The van der Waals surface area contributed by atoms with Crippen LogP contribution < -0.4 is 15.2 Å². The fourth-order valence-corrected chi connectivity index (χ4v) is 4.39. The third kappa shape index (κ3) is 5.66. The fraction of sp³-hybridized carbons (Fsp3) is 0.238. The number of pyridine rings is 1. The van der Waals surface area contributed by atoms with Crippen LogP contribution in [0.25, 0.3) is 11.3 Å². The molecule has 10 heteroatoms. The summed E-state index contributed by atoms with van der Waals surface area (Å²) in [6.07, 6.45) is 3.81. The molecular formula is C21H24N4O4S2. The summed E-state index contributed by atoms with van der Waals surface area (Å²) < 4.78 is 31.2. The van der Waals surface area contributed by atoms with Crippen molar-refractivity contribution >= 4 is 33.4 Å². The maximum absolute atomic E-state index is 11.8. The number of sulfonamides is 1. The lowest BCUT2D eigenvalue weighted by molar-refractivity contribution is -0.114. The van der Waals surface area contributed by atoms with E-state index in [1.807, 2.05) is 36.9 Å². The van der Waals surface area contributed by atoms with Gasteiger partial charge in [-0.2, -0.15) is 0 Å². The van der Waals surface area contributed by atoms with Gasteiger partial charge in [0.2, 0.25) is 15.9 Å². The van der Waals surface area contributed by atoms with Crippen LogP contribution in [0.2, 0.25) is 0 Å². The van der Waals surface area contributed by atoms with Crippen molar-refractivity contribution in [3.8, 4) is 17.0 Å². The van der Waals surface area contributed by atoms with Crippen LogP contribution in [-0.2, 0) is 21.4 Å². The fourth-order valence-electron chi connectivity index (χ4n) is 2.93. The van der Waals surface area contributed by atoms with E-state index in [2.05, 4.69) is 5.32 Å². The maximum atomic E-state index is 11.8. The molecule has 2 aromatic heterocycles. The highest BCUT2D eigenvalue weighted by Crippen LogP contribution is 2.37. The Bertz CT molecular complexity index is 1210. The third-order valence-corrected chi connectivity index (χ3v) is 6.20. The zero-order valence-corrected chi connectivity index (χ0v) is 19.1. The molecule has 1 aromatic carbocycles. The first-order valence-corrected chi connectivity index (χ1v) is 12.0. The molecule has 0 spiro atoms. The number of rotatable bonds is 8. The lowest BCUT2D eigenvalue weighted by atomic mass is 10.1. The van der Waals surface area contributed by atoms with Crippen molar-refractivity contribution < 1.29 is 17.9 Å². The molecule has 0 fully saturated rings. The van der Waals surface area contributed by atoms with Gasteiger partial charge < -0.3 is 14.6 Å². The summed E-state index contributed by atoms with van der Waals surface area (Å²) in [5.74, 6) is 0.377. The van der Waals surface area contributed by atoms with Gasteiger partial charge in [0.05, 0.1) is 22.1 Å². The van der Waals surface area contributed by atoms with Gasteiger partial charge in [-0.1, -0.05) is 23.9 Å². The number of benzene rings is 1. The topological polar surface area (TPSA) is 116 Å². The van der Waals surface area contributed by atoms with Gasteiger partial charge in [0.15, 0.2) is 0 Å². The Hall–Kier alpha value is -2.82. The normalized spacial score (nSPS) is 11.4. The van der Waals surface area contributed by atoms with Crippen LogP contribution in [0, 0.1) is 0 Å². The quantitative estimate of drug-likeness (QED) is 0.529. The average molecular weight is 461 g/mol. The number of carbonyl (C=O) groups excluding carboxylic acids is 1. The summed E-state index contributed by atoms with van der Waals surface area (Å²) in [4.78, 5) is 17.1. The van der Waals surface area contributed by atoms with Gasteiger partial charge in [-0.05, 0) is 38.1 Å². The van der Waals surface area contributed by atoms with E-state index in [4.69, 9.17) is 14.9 Å². The SMILES string of the molecule is CCOc1ccc(Sc2cn(CC)cc2NC(C)=O)nc1-c1cccc(S(N)(=O)=O)c1. The van der Waals surface area contributed by atoms with Crippen molar-refractivity contribution in [3.05, 3.63) is 48.8 Å². The molecule has 1 amide bonds. The number of nitrogens with two attached hydrogens (primary N) is 1. The summed E-state index contributed by atoms with van der Waals surface area (Å²) in [6, 6.07) is 9.90. The first-order valence-electron chi connectivity index (χ1n) is 9.63. The molecule has 3 aromatic rings. The number of aryl methyl sites for hydroxylation is 1. The highest BCUT2D eigenvalue weighted by atomic mass is 32.2. The Morgan fingerprint density at radius 1 is 1.23 bits per heavy atom. The number of primary sulfonamides is 1. The van der Waals surface area contributed by atoms with Crippen molar-refractivity contribution in [2.24, 2.45) is 5.14 Å². The Labute approximate surface area is 185 Å². The van der Waals surface area contributed by atoms with Crippen LogP contribution in [0.3, 0.4) is 0 Å². The Morgan fingerprint density at radius 2 is 2.00 bits per heavy atom. The second kappa shape index (κ2) is 9.54. The highest BCUT2D eigenvalue weighted by Gasteiger charge is 2.16. The monoisotopic (exact) mass is 460 g/mol. The van der Waals surface area contributed by atoms with Gasteiger partial charge in [-0.25, -0.2) is 18.5 Å². The second-order valence-electron chi connectivity index (χ2n) is 6.65. The second-order valence-corrected chi connectivity index (χ2v) is 9.28. The van der Waals surface area contributed by atoms with Gasteiger partial charge in [0.25, 0.3) is 0 Å². The molecule has 164 valence electrons. The van der Waals surface area contributed by atoms with Crippen molar-refractivity contribution in [2.75, 3.05) is 11.9 Å². The van der Waals surface area contributed by atoms with Crippen LogP contribution in [0.1, 0.15) is 20.8 Å². The van der Waals surface area contributed by atoms with E-state index < -0.39 is 10.0 Å². The van der Waals surface area contributed by atoms with Crippen LogP contribution in [-0.4, -0.2) is 30.5 Å². The molecule has 0 aliphatic rings. The molecule has 0 saturated heterocycles. The highest BCUT2D eigenvalue weighted by molar-refractivity contribution is 7.99. The standard InChI is InChI=1S/C21H24N4O4S2/c1-4-25-12-17(23-14(3)26)19(13-25)30-20-10-9-18(29-5-2)21(24-20)15-7-6-8-16(11-15)31(22,27)28/h6-13H,4-5H2,1-3H3,(H,23,26)(H2,22,27,28). The van der Waals surface area contributed by atoms with Crippen molar-refractivity contribution in [1.82, 2.24) is 9.55 Å². The predicted molar refractivity (Wildman–Crippen MR) is 121 cm³/mol. The van der Waals surface area contributed by atoms with Crippen LogP contribution in [0.4, 0.5) is 5.69 Å². The zero-order chi connectivity index (χ0) is 22.6. The summed E-state index contributed by atoms with van der Waals surface area (Å²) in [5, 5.41) is 8.79. The zero-order valence-electron chi connectivity index (χ0n) is 17.5. The predicted octanol–water partition coefficient (Wildman–Crippen LogP) is 3.73. The first kappa shape index (κ1) is 22.9. The number of hydrogen-bond acceptors (Lipinski definition) is 6. The number of ether oxygens (including phenoxy) is 1. The molecule has 3 N–H and O–H groups in total. The van der Waals surface area contributed by atoms with E-state index in [1.54, 1.807) is 18.2 Å². The van der Waals surface area contributed by atoms with E-state index in [0.717, 1.165) is 11.4 Å². The molecule has 0 bridgehead atoms. The van der Waals surface area contributed by atoms with Crippen LogP contribution in [0.5, 0.6) is 5.75 Å². The minimum absolute atomic E-state index is 0.000251. The van der Waals surface area contributed by atoms with Crippen molar-refractivity contribution in [1.29, 1.82) is 0 Å². The Morgan fingerprint density at radius 3 is 2.65 bits per heavy atom. The summed E-state index contributed by atoms with van der Waals surface area (Å²) in [6.45, 7) is 6.53. The number of hydrogen-bond donors (Lipinski definition) is 2. The number of nitrogens with zero attached hydrogens (tertiary/aromatic N) is 2. The summed E-state index contributed by atoms with van der Waals surface area (Å²) in [7, 11) is -3.85. The van der Waals surface area contributed by atoms with Crippen molar-refractivity contribution in [3.63, 3.8) is 0 Å². The largest absolute Gasteiger partial charge is 0.492 e. The lowest BCUT2D eigenvalue weighted by Gasteiger charge is -2.12. The average Bonchev–Trinajstić information content (AvgIpc) is 3.09. The molecule has 0 atom stereocenters. The molecule has 0 saturated carbocycles. The maximum Gasteiger partial charge on any atom is 0.238 e. The smallest absolute Gasteiger partial charge is 0.238 e. The third-order valence-electron chi connectivity index (χ3n) is 4.30. The number of carbonyl (C=O) groups is 1. The van der Waals surface area contributed by atoms with Crippen LogP contribution in [0.15, 0.2) is 63.6 Å². The first-order chi connectivity index (χ1) is 14.7. The van der Waals surface area contributed by atoms with Gasteiger partial charge in [0, 0.05) is 31.4 Å². The van der Waals surface area contributed by atoms with Crippen molar-refractivity contribution in [2.45, 2.75) is 42.1 Å². The summed E-state index contributed by atoms with van der Waals surface area (Å²) >= 11 is 1.39. The summed E-state index contributed by atoms with van der Waals surface area (Å²) in [5.41, 5.74) is 1.78. The molecule has 0 aliphatic heterocycles. The van der Waals surface area contributed by atoms with Gasteiger partial charge >= 0.3 is 0 Å². The number of nitrogens with one attached hydrogen (secondary N) is 1. The van der Waals surface area contributed by atoms with E-state index >= 15 is 0 Å². The van der Waals surface area contributed by atoms with E-state index in [9.17, 15) is 13.2 Å². The Kier molecular flexibility index (Phi) is 7.04. The minimum atomic E-state index is -3.85. The van der Waals surface area contributed by atoms with Crippen LogP contribution >= 0.6 is 11.8 Å². The van der Waals surface area contributed by atoms with Gasteiger partial charge in [-0.3, -0.25) is 4.79 Å². The molecule has 3 rings (SSSR count). The van der Waals surface area contributed by atoms with Gasteiger partial charge in [-0.15, -0.1) is 0 Å². The molecular weight excluding hydrogens is 436 g/mol. The number of anilines is 1. The molecule has 0 unspecified atom stereocenters. The molecule has 8 nitrogen and oxygen atoms in total. The number of amides is 1. The molecule has 0 radical (unpaired) electrons. The van der Waals surface area contributed by atoms with E-state index in [1.165, 1.54) is 30.8 Å². The molecule has 0 aliphatic carbocycles. The minimum Gasteiger partial charge on any atom is -0.492 e. The van der Waals surface area contributed by atoms with E-state index in [-0.39, 0.29) is 10.8 Å². The molecule has 31 heavy (non-hydrogen) atoms. The molecule has 2 heterocycles. The lowest BCUT2D eigenvalue weighted by Crippen LogP contribution is -2.12.